The summed E-state index contributed by atoms with van der Waals surface area (Å²) in [5.41, 5.74) is 2.53. The van der Waals surface area contributed by atoms with Crippen molar-refractivity contribution in [2.45, 2.75) is 38.8 Å². The predicted molar refractivity (Wildman–Crippen MR) is 56.9 cm³/mol. The number of hydrazine groups is 1. The van der Waals surface area contributed by atoms with Gasteiger partial charge in [0.2, 0.25) is 5.96 Å². The molecule has 1 rings (SSSR count). The summed E-state index contributed by atoms with van der Waals surface area (Å²) in [5, 5.41) is 3.26. The molecule has 14 heavy (non-hydrogen) atoms. The molecule has 1 heterocycles. The second-order valence-electron chi connectivity index (χ2n) is 4.20. The van der Waals surface area contributed by atoms with Crippen LogP contribution in [0.25, 0.3) is 0 Å². The number of nitrogens with one attached hydrogen (secondary N) is 2. The van der Waals surface area contributed by atoms with Crippen LogP contribution in [0, 0.1) is 0 Å². The maximum Gasteiger partial charge on any atom is 0.206 e. The van der Waals surface area contributed by atoms with Crippen LogP contribution < -0.4 is 16.6 Å². The van der Waals surface area contributed by atoms with Crippen LogP contribution in [0.3, 0.4) is 0 Å². The summed E-state index contributed by atoms with van der Waals surface area (Å²) < 4.78 is 5.32. The zero-order valence-electron chi connectivity index (χ0n) is 9.13. The maximum atomic E-state index is 5.37. The second-order valence-corrected chi connectivity index (χ2v) is 4.20. The molecule has 0 aromatic rings. The van der Waals surface area contributed by atoms with Crippen molar-refractivity contribution in [3.8, 4) is 0 Å². The molecule has 1 saturated heterocycles. The van der Waals surface area contributed by atoms with E-state index in [-0.39, 0.29) is 11.6 Å². The molecule has 5 heteroatoms. The van der Waals surface area contributed by atoms with E-state index in [9.17, 15) is 0 Å². The lowest BCUT2D eigenvalue weighted by Crippen LogP contribution is -2.53. The van der Waals surface area contributed by atoms with Crippen LogP contribution >= 0.6 is 0 Å². The normalized spacial score (nSPS) is 28.2. The van der Waals surface area contributed by atoms with Crippen LogP contribution in [0.15, 0.2) is 4.99 Å². The van der Waals surface area contributed by atoms with E-state index in [1.807, 2.05) is 13.8 Å². The van der Waals surface area contributed by atoms with Crippen LogP contribution in [0.5, 0.6) is 0 Å². The Balaban J connectivity index is 2.55. The zero-order chi connectivity index (χ0) is 10.6. The quantitative estimate of drug-likeness (QED) is 0.253. The Morgan fingerprint density at radius 2 is 2.29 bits per heavy atom. The molecule has 0 bridgehead atoms. The molecule has 0 radical (unpaired) electrons. The fraction of sp³-hybridized carbons (Fsp3) is 0.889. The average molecular weight is 200 g/mol. The van der Waals surface area contributed by atoms with E-state index < -0.39 is 0 Å². The van der Waals surface area contributed by atoms with E-state index in [1.165, 1.54) is 0 Å². The summed E-state index contributed by atoms with van der Waals surface area (Å²) in [6.07, 6.45) is 0.978. The molecule has 1 aliphatic heterocycles. The molecule has 1 atom stereocenters. The Kier molecular flexibility index (Phi) is 3.71. The van der Waals surface area contributed by atoms with Gasteiger partial charge in [-0.1, -0.05) is 0 Å². The number of hydrogen-bond acceptors (Lipinski definition) is 3. The Hall–Kier alpha value is -0.810. The van der Waals surface area contributed by atoms with Gasteiger partial charge in [0.25, 0.3) is 0 Å². The summed E-state index contributed by atoms with van der Waals surface area (Å²) in [6.45, 7) is 7.61. The number of rotatable bonds is 2. The first-order valence-electron chi connectivity index (χ1n) is 4.96. The van der Waals surface area contributed by atoms with Gasteiger partial charge in [-0.2, -0.15) is 0 Å². The number of guanidine groups is 1. The SMILES string of the molecule is CC(C)N=C(NN)NC1(C)CCOC1. The topological polar surface area (TPSA) is 71.7 Å². The number of aliphatic imine (C=N–C) groups is 1. The van der Waals surface area contributed by atoms with Gasteiger partial charge < -0.3 is 10.1 Å². The first-order valence-corrected chi connectivity index (χ1v) is 4.96. The van der Waals surface area contributed by atoms with Crippen molar-refractivity contribution < 1.29 is 4.74 Å². The minimum Gasteiger partial charge on any atom is -0.379 e. The lowest BCUT2D eigenvalue weighted by atomic mass is 10.0. The van der Waals surface area contributed by atoms with Crippen molar-refractivity contribution >= 4 is 5.96 Å². The smallest absolute Gasteiger partial charge is 0.206 e. The van der Waals surface area contributed by atoms with Crippen LogP contribution in [0.4, 0.5) is 0 Å². The third kappa shape index (κ3) is 3.16. The molecule has 0 amide bonds. The molecule has 0 aromatic carbocycles. The Labute approximate surface area is 85.1 Å². The summed E-state index contributed by atoms with van der Waals surface area (Å²) in [4.78, 5) is 4.32. The molecule has 0 saturated carbocycles. The highest BCUT2D eigenvalue weighted by molar-refractivity contribution is 5.80. The van der Waals surface area contributed by atoms with Gasteiger partial charge in [-0.05, 0) is 27.2 Å². The molecule has 1 unspecified atom stereocenters. The van der Waals surface area contributed by atoms with E-state index >= 15 is 0 Å². The lowest BCUT2D eigenvalue weighted by Gasteiger charge is -2.25. The van der Waals surface area contributed by atoms with Crippen molar-refractivity contribution in [2.75, 3.05) is 13.2 Å². The number of nitrogens with zero attached hydrogens (tertiary/aromatic N) is 1. The fourth-order valence-electron chi connectivity index (χ4n) is 1.42. The second kappa shape index (κ2) is 4.61. The molecule has 0 aliphatic carbocycles. The molecule has 0 spiro atoms. The van der Waals surface area contributed by atoms with Gasteiger partial charge in [0.05, 0.1) is 12.1 Å². The van der Waals surface area contributed by atoms with Gasteiger partial charge in [-0.3, -0.25) is 5.43 Å². The number of ether oxygens (including phenoxy) is 1. The summed E-state index contributed by atoms with van der Waals surface area (Å²) in [5.74, 6) is 6.01. The van der Waals surface area contributed by atoms with Gasteiger partial charge in [0.1, 0.15) is 0 Å². The molecule has 4 N–H and O–H groups in total. The monoisotopic (exact) mass is 200 g/mol. The van der Waals surface area contributed by atoms with E-state index in [1.54, 1.807) is 0 Å². The van der Waals surface area contributed by atoms with Gasteiger partial charge >= 0.3 is 0 Å². The van der Waals surface area contributed by atoms with E-state index in [0.29, 0.717) is 12.6 Å². The minimum absolute atomic E-state index is 0.0416. The van der Waals surface area contributed by atoms with E-state index in [0.717, 1.165) is 13.0 Å². The Morgan fingerprint density at radius 1 is 1.57 bits per heavy atom. The first kappa shape index (κ1) is 11.3. The van der Waals surface area contributed by atoms with Gasteiger partial charge in [-0.15, -0.1) is 0 Å². The van der Waals surface area contributed by atoms with E-state index in [4.69, 9.17) is 10.6 Å². The minimum atomic E-state index is -0.0416. The first-order chi connectivity index (χ1) is 6.56. The van der Waals surface area contributed by atoms with Crippen LogP contribution in [0.1, 0.15) is 27.2 Å². The predicted octanol–water partition coefficient (Wildman–Crippen LogP) is -0.0173. The van der Waals surface area contributed by atoms with Crippen molar-refractivity contribution in [1.82, 2.24) is 10.7 Å². The average Bonchev–Trinajstić information content (AvgIpc) is 2.50. The van der Waals surface area contributed by atoms with Gasteiger partial charge in [0.15, 0.2) is 0 Å². The van der Waals surface area contributed by atoms with Crippen molar-refractivity contribution in [3.63, 3.8) is 0 Å². The highest BCUT2D eigenvalue weighted by atomic mass is 16.5. The third-order valence-electron chi connectivity index (χ3n) is 2.16. The van der Waals surface area contributed by atoms with Gasteiger partial charge in [0, 0.05) is 12.6 Å². The number of hydrogen-bond donors (Lipinski definition) is 3. The van der Waals surface area contributed by atoms with Crippen molar-refractivity contribution in [3.05, 3.63) is 0 Å². The Bertz CT molecular complexity index is 209. The van der Waals surface area contributed by atoms with Crippen LogP contribution in [-0.2, 0) is 4.74 Å². The summed E-state index contributed by atoms with van der Waals surface area (Å²) in [7, 11) is 0. The van der Waals surface area contributed by atoms with Gasteiger partial charge in [-0.25, -0.2) is 10.8 Å². The molecular formula is C9H20N4O. The summed E-state index contributed by atoms with van der Waals surface area (Å²) >= 11 is 0. The molecule has 5 nitrogen and oxygen atoms in total. The summed E-state index contributed by atoms with van der Waals surface area (Å²) in [6, 6.07) is 0.222. The molecular weight excluding hydrogens is 180 g/mol. The fourth-order valence-corrected chi connectivity index (χ4v) is 1.42. The van der Waals surface area contributed by atoms with Crippen LogP contribution in [-0.4, -0.2) is 30.8 Å². The third-order valence-corrected chi connectivity index (χ3v) is 2.16. The lowest BCUT2D eigenvalue weighted by molar-refractivity contribution is 0.177. The standard InChI is InChI=1S/C9H20N4O/c1-7(2)11-8(13-10)12-9(3)4-5-14-6-9/h7H,4-6,10H2,1-3H3,(H2,11,12,13). The largest absolute Gasteiger partial charge is 0.379 e. The molecule has 82 valence electrons. The maximum absolute atomic E-state index is 5.37. The zero-order valence-corrected chi connectivity index (χ0v) is 9.13. The Morgan fingerprint density at radius 3 is 2.71 bits per heavy atom. The van der Waals surface area contributed by atoms with E-state index in [2.05, 4.69) is 22.7 Å². The highest BCUT2D eigenvalue weighted by Gasteiger charge is 2.30. The van der Waals surface area contributed by atoms with Crippen LogP contribution in [0.2, 0.25) is 0 Å². The van der Waals surface area contributed by atoms with Crippen molar-refractivity contribution in [2.24, 2.45) is 10.8 Å². The molecule has 1 aliphatic rings. The molecule has 0 aromatic heterocycles. The highest BCUT2D eigenvalue weighted by Crippen LogP contribution is 2.16. The van der Waals surface area contributed by atoms with Crippen molar-refractivity contribution in [1.29, 1.82) is 0 Å². The molecule has 1 fully saturated rings. The number of nitrogens with two attached hydrogens (primary N) is 1.